The second-order valence-corrected chi connectivity index (χ2v) is 14.0. The molecular weight excluding hydrogens is 642 g/mol. The molecule has 0 aliphatic heterocycles. The van der Waals surface area contributed by atoms with E-state index in [1.165, 1.54) is 4.31 Å². The normalized spacial score (nSPS) is 14.2. The Labute approximate surface area is 270 Å². The third kappa shape index (κ3) is 9.56. The molecule has 0 heterocycles. The van der Waals surface area contributed by atoms with E-state index in [-0.39, 0.29) is 43.8 Å². The molecule has 44 heavy (non-hydrogen) atoms. The van der Waals surface area contributed by atoms with Gasteiger partial charge in [0.2, 0.25) is 21.8 Å². The van der Waals surface area contributed by atoms with Gasteiger partial charge in [0.05, 0.1) is 18.6 Å². The molecule has 236 valence electrons. The van der Waals surface area contributed by atoms with Crippen LogP contribution in [-0.4, -0.2) is 56.6 Å². The number of rotatable bonds is 15. The van der Waals surface area contributed by atoms with Crippen LogP contribution < -0.4 is 14.4 Å². The van der Waals surface area contributed by atoms with E-state index in [4.69, 9.17) is 4.74 Å². The Morgan fingerprint density at radius 1 is 0.977 bits per heavy atom. The van der Waals surface area contributed by atoms with Gasteiger partial charge in [0, 0.05) is 36.4 Å². The zero-order chi connectivity index (χ0) is 31.5. The lowest BCUT2D eigenvalue weighted by molar-refractivity contribution is -0.141. The number of sulfonamides is 1. The first kappa shape index (κ1) is 33.5. The number of anilines is 1. The Morgan fingerprint density at radius 2 is 1.66 bits per heavy atom. The maximum atomic E-state index is 14.1. The third-order valence-electron chi connectivity index (χ3n) is 7.80. The van der Waals surface area contributed by atoms with Crippen LogP contribution in [0.1, 0.15) is 56.6 Å². The lowest BCUT2D eigenvalue weighted by Crippen LogP contribution is -2.52. The van der Waals surface area contributed by atoms with Crippen molar-refractivity contribution < 1.29 is 22.7 Å². The van der Waals surface area contributed by atoms with E-state index in [0.717, 1.165) is 47.5 Å². The highest BCUT2D eigenvalue weighted by Gasteiger charge is 2.32. The predicted molar refractivity (Wildman–Crippen MR) is 178 cm³/mol. The second kappa shape index (κ2) is 16.1. The summed E-state index contributed by atoms with van der Waals surface area (Å²) in [5, 5.41) is 3.22. The topological polar surface area (TPSA) is 96.0 Å². The summed E-state index contributed by atoms with van der Waals surface area (Å²) >= 11 is 3.53. The van der Waals surface area contributed by atoms with Gasteiger partial charge in [-0.05, 0) is 61.6 Å². The SMILES string of the molecule is CCOc1ccccc1N(CCCC(=O)N(Cc1cccc(Br)c1)C(Cc1ccccc1)C(=O)NC1CCCC1)S(C)(=O)=O. The van der Waals surface area contributed by atoms with Gasteiger partial charge in [0.25, 0.3) is 0 Å². The minimum atomic E-state index is -3.66. The smallest absolute Gasteiger partial charge is 0.243 e. The Hall–Kier alpha value is -3.37. The number of halogens is 1. The summed E-state index contributed by atoms with van der Waals surface area (Å²) in [6.07, 6.45) is 5.90. The first-order valence-electron chi connectivity index (χ1n) is 15.2. The molecule has 0 aromatic heterocycles. The van der Waals surface area contributed by atoms with Crippen molar-refractivity contribution in [3.63, 3.8) is 0 Å². The largest absolute Gasteiger partial charge is 0.492 e. The van der Waals surface area contributed by atoms with E-state index in [0.29, 0.717) is 24.5 Å². The number of amides is 2. The summed E-state index contributed by atoms with van der Waals surface area (Å²) in [7, 11) is -3.66. The molecule has 0 spiro atoms. The molecule has 1 aliphatic rings. The summed E-state index contributed by atoms with van der Waals surface area (Å²) in [6.45, 7) is 2.58. The number of para-hydroxylation sites is 2. The highest BCUT2D eigenvalue weighted by atomic mass is 79.9. The molecule has 1 aliphatic carbocycles. The lowest BCUT2D eigenvalue weighted by atomic mass is 10.0. The van der Waals surface area contributed by atoms with Gasteiger partial charge in [-0.1, -0.05) is 83.4 Å². The molecule has 3 aromatic rings. The zero-order valence-corrected chi connectivity index (χ0v) is 27.9. The van der Waals surface area contributed by atoms with Crippen molar-refractivity contribution >= 4 is 43.5 Å². The highest BCUT2D eigenvalue weighted by molar-refractivity contribution is 9.10. The van der Waals surface area contributed by atoms with Crippen LogP contribution in [-0.2, 0) is 32.6 Å². The van der Waals surface area contributed by atoms with Crippen molar-refractivity contribution in [2.45, 2.75) is 70.5 Å². The number of nitrogens with zero attached hydrogens (tertiary/aromatic N) is 2. The molecule has 1 N–H and O–H groups in total. The zero-order valence-electron chi connectivity index (χ0n) is 25.5. The first-order chi connectivity index (χ1) is 21.2. The Balaban J connectivity index is 1.60. The van der Waals surface area contributed by atoms with Gasteiger partial charge < -0.3 is 15.0 Å². The Bertz CT molecular complexity index is 1500. The molecule has 0 radical (unpaired) electrons. The Morgan fingerprint density at radius 3 is 2.34 bits per heavy atom. The lowest BCUT2D eigenvalue weighted by Gasteiger charge is -2.33. The number of nitrogens with one attached hydrogen (secondary N) is 1. The highest BCUT2D eigenvalue weighted by Crippen LogP contribution is 2.30. The molecule has 4 rings (SSSR count). The van der Waals surface area contributed by atoms with Gasteiger partial charge in [-0.2, -0.15) is 0 Å². The van der Waals surface area contributed by atoms with Crippen LogP contribution in [0.3, 0.4) is 0 Å². The van der Waals surface area contributed by atoms with Crippen molar-refractivity contribution in [3.05, 3.63) is 94.5 Å². The van der Waals surface area contributed by atoms with Crippen molar-refractivity contribution in [2.24, 2.45) is 0 Å². The van der Waals surface area contributed by atoms with Crippen LogP contribution in [0.2, 0.25) is 0 Å². The molecule has 0 bridgehead atoms. The van der Waals surface area contributed by atoms with Crippen molar-refractivity contribution in [1.29, 1.82) is 0 Å². The summed E-state index contributed by atoms with van der Waals surface area (Å²) < 4.78 is 33.6. The minimum absolute atomic E-state index is 0.0683. The van der Waals surface area contributed by atoms with E-state index >= 15 is 0 Å². The van der Waals surface area contributed by atoms with Gasteiger partial charge in [0.15, 0.2) is 0 Å². The van der Waals surface area contributed by atoms with E-state index in [9.17, 15) is 18.0 Å². The summed E-state index contributed by atoms with van der Waals surface area (Å²) in [4.78, 5) is 29.6. The number of hydrogen-bond donors (Lipinski definition) is 1. The summed E-state index contributed by atoms with van der Waals surface area (Å²) in [5.74, 6) is 0.0982. The molecule has 0 saturated heterocycles. The quantitative estimate of drug-likeness (QED) is 0.209. The van der Waals surface area contributed by atoms with Crippen molar-refractivity contribution in [3.8, 4) is 5.75 Å². The van der Waals surface area contributed by atoms with Crippen molar-refractivity contribution in [1.82, 2.24) is 10.2 Å². The third-order valence-corrected chi connectivity index (χ3v) is 9.47. The summed E-state index contributed by atoms with van der Waals surface area (Å²) in [6, 6.07) is 23.8. The van der Waals surface area contributed by atoms with Crippen LogP contribution >= 0.6 is 15.9 Å². The molecule has 8 nitrogen and oxygen atoms in total. The fourth-order valence-electron chi connectivity index (χ4n) is 5.68. The van der Waals surface area contributed by atoms with Crippen LogP contribution in [0.15, 0.2) is 83.3 Å². The van der Waals surface area contributed by atoms with Crippen LogP contribution in [0.25, 0.3) is 0 Å². The van der Waals surface area contributed by atoms with Gasteiger partial charge in [0.1, 0.15) is 11.8 Å². The number of hydrogen-bond acceptors (Lipinski definition) is 5. The standard InChI is InChI=1S/C34H42BrN3O5S/c1-3-43-32-20-10-9-19-30(32)38(44(2,41)42)22-12-21-33(39)37(25-27-15-11-16-28(35)23-27)31(24-26-13-5-4-6-14-26)34(40)36-29-17-7-8-18-29/h4-6,9-11,13-16,19-20,23,29,31H,3,7-8,12,17-18,21-22,24-25H2,1-2H3,(H,36,40). The molecule has 10 heteroatoms. The van der Waals surface area contributed by atoms with Gasteiger partial charge >= 0.3 is 0 Å². The van der Waals surface area contributed by atoms with Crippen LogP contribution in [0.4, 0.5) is 5.69 Å². The average Bonchev–Trinajstić information content (AvgIpc) is 3.50. The fourth-order valence-corrected chi connectivity index (χ4v) is 7.09. The predicted octanol–water partition coefficient (Wildman–Crippen LogP) is 6.09. The fraction of sp³-hybridized carbons (Fsp3) is 0.412. The number of benzene rings is 3. The maximum Gasteiger partial charge on any atom is 0.243 e. The van der Waals surface area contributed by atoms with Crippen LogP contribution in [0, 0.1) is 0 Å². The number of ether oxygens (including phenoxy) is 1. The van der Waals surface area contributed by atoms with Crippen molar-refractivity contribution in [2.75, 3.05) is 23.7 Å². The number of carbonyl (C=O) groups is 2. The summed E-state index contributed by atoms with van der Waals surface area (Å²) in [5.41, 5.74) is 2.29. The molecule has 1 atom stereocenters. The van der Waals surface area contributed by atoms with E-state index in [1.807, 2.05) is 61.5 Å². The number of carbonyl (C=O) groups excluding carboxylic acids is 2. The van der Waals surface area contributed by atoms with E-state index < -0.39 is 16.1 Å². The average molecular weight is 685 g/mol. The van der Waals surface area contributed by atoms with E-state index in [2.05, 4.69) is 21.2 Å². The molecule has 2 amide bonds. The van der Waals surface area contributed by atoms with Gasteiger partial charge in [-0.15, -0.1) is 0 Å². The van der Waals surface area contributed by atoms with Gasteiger partial charge in [-0.3, -0.25) is 13.9 Å². The molecule has 3 aromatic carbocycles. The maximum absolute atomic E-state index is 14.1. The molecule has 1 saturated carbocycles. The van der Waals surface area contributed by atoms with E-state index in [1.54, 1.807) is 29.2 Å². The molecular formula is C34H42BrN3O5S. The Kier molecular flexibility index (Phi) is 12.3. The second-order valence-electron chi connectivity index (χ2n) is 11.2. The van der Waals surface area contributed by atoms with Gasteiger partial charge in [-0.25, -0.2) is 8.42 Å². The first-order valence-corrected chi connectivity index (χ1v) is 17.9. The minimum Gasteiger partial charge on any atom is -0.492 e. The molecule has 1 unspecified atom stereocenters. The monoisotopic (exact) mass is 683 g/mol. The molecule has 1 fully saturated rings. The van der Waals surface area contributed by atoms with Crippen LogP contribution in [0.5, 0.6) is 5.75 Å².